The fraction of sp³-hybridized carbons (Fsp3) is 0.900. The van der Waals surface area contributed by atoms with Crippen LogP contribution >= 0.6 is 0 Å². The SMILES string of the molecule is CCCCCCOCCC(C(=O)O)C(CCOCCCCCC)C(=O)O.[Ag].[Ag]. The summed E-state index contributed by atoms with van der Waals surface area (Å²) >= 11 is 0. The van der Waals surface area contributed by atoms with Crippen LogP contribution in [0.5, 0.6) is 0 Å². The average molecular weight is 590 g/mol. The van der Waals surface area contributed by atoms with Gasteiger partial charge in [0.1, 0.15) is 0 Å². The molecule has 0 aromatic carbocycles. The van der Waals surface area contributed by atoms with E-state index in [0.29, 0.717) is 13.2 Å². The standard InChI is InChI=1S/C20H38O6.2Ag/c1-3-5-7-9-13-25-15-11-17(19(21)22)18(20(23)24)12-16-26-14-10-8-6-4-2;;/h17-18H,3-16H2,1-2H3,(H,21,22)(H,23,24);;. The first-order chi connectivity index (χ1) is 12.5. The third-order valence-corrected chi connectivity index (χ3v) is 4.55. The fourth-order valence-corrected chi connectivity index (χ4v) is 2.88. The van der Waals surface area contributed by atoms with Crippen molar-refractivity contribution < 1.29 is 74.0 Å². The summed E-state index contributed by atoms with van der Waals surface area (Å²) < 4.78 is 11.0. The third kappa shape index (κ3) is 18.4. The number of aliphatic carboxylic acids is 2. The van der Waals surface area contributed by atoms with E-state index >= 15 is 0 Å². The molecule has 0 fully saturated rings. The summed E-state index contributed by atoms with van der Waals surface area (Å²) in [5.74, 6) is -4.02. The Morgan fingerprint density at radius 1 is 0.643 bits per heavy atom. The van der Waals surface area contributed by atoms with Crippen molar-refractivity contribution in [3.63, 3.8) is 0 Å². The van der Waals surface area contributed by atoms with E-state index in [4.69, 9.17) is 9.47 Å². The van der Waals surface area contributed by atoms with E-state index in [1.807, 2.05) is 0 Å². The molecule has 0 aromatic rings. The quantitative estimate of drug-likeness (QED) is 0.172. The zero-order valence-corrected chi connectivity index (χ0v) is 20.1. The van der Waals surface area contributed by atoms with Gasteiger partial charge >= 0.3 is 11.9 Å². The topological polar surface area (TPSA) is 93.1 Å². The zero-order chi connectivity index (χ0) is 19.6. The van der Waals surface area contributed by atoms with Crippen molar-refractivity contribution in [1.82, 2.24) is 0 Å². The molecule has 0 spiro atoms. The van der Waals surface area contributed by atoms with Gasteiger partial charge < -0.3 is 19.7 Å². The number of hydrogen-bond donors (Lipinski definition) is 2. The minimum Gasteiger partial charge on any atom is -0.481 e. The smallest absolute Gasteiger partial charge is 0.307 e. The van der Waals surface area contributed by atoms with Crippen molar-refractivity contribution in [3.05, 3.63) is 0 Å². The number of carboxylic acid groups (broad SMARTS) is 2. The summed E-state index contributed by atoms with van der Waals surface area (Å²) in [6, 6.07) is 0. The molecule has 6 nitrogen and oxygen atoms in total. The zero-order valence-electron chi connectivity index (χ0n) is 17.2. The minimum absolute atomic E-state index is 0. The molecule has 2 radical (unpaired) electrons. The second kappa shape index (κ2) is 23.6. The van der Waals surface area contributed by atoms with E-state index in [1.54, 1.807) is 0 Å². The molecule has 0 bridgehead atoms. The molecular formula is C20H38Ag2O6. The Labute approximate surface area is 201 Å². The Morgan fingerprint density at radius 3 is 1.29 bits per heavy atom. The first-order valence-electron chi connectivity index (χ1n) is 10.2. The molecule has 8 heteroatoms. The summed E-state index contributed by atoms with van der Waals surface area (Å²) in [7, 11) is 0. The molecule has 176 valence electrons. The molecule has 0 aliphatic carbocycles. The molecule has 0 heterocycles. The van der Waals surface area contributed by atoms with Crippen LogP contribution in [0, 0.1) is 11.8 Å². The van der Waals surface area contributed by atoms with Crippen LogP contribution in [-0.4, -0.2) is 48.6 Å². The van der Waals surface area contributed by atoms with Crippen molar-refractivity contribution in [2.75, 3.05) is 26.4 Å². The van der Waals surface area contributed by atoms with Crippen LogP contribution in [0.3, 0.4) is 0 Å². The number of carbonyl (C=O) groups is 2. The normalized spacial score (nSPS) is 12.5. The molecule has 0 rings (SSSR count). The molecule has 0 aliphatic heterocycles. The Balaban J connectivity index is -0.00000312. The summed E-state index contributed by atoms with van der Waals surface area (Å²) in [6.45, 7) is 6.05. The van der Waals surface area contributed by atoms with E-state index in [1.165, 1.54) is 12.8 Å². The third-order valence-electron chi connectivity index (χ3n) is 4.55. The van der Waals surface area contributed by atoms with Crippen LogP contribution in [0.4, 0.5) is 0 Å². The summed E-state index contributed by atoms with van der Waals surface area (Å²) in [5, 5.41) is 18.8. The number of rotatable bonds is 19. The molecule has 0 amide bonds. The predicted molar refractivity (Wildman–Crippen MR) is 101 cm³/mol. The van der Waals surface area contributed by atoms with E-state index in [-0.39, 0.29) is 70.8 Å². The molecule has 2 unspecified atom stereocenters. The van der Waals surface area contributed by atoms with Gasteiger partial charge in [-0.15, -0.1) is 0 Å². The van der Waals surface area contributed by atoms with E-state index in [9.17, 15) is 19.8 Å². The molecule has 0 aliphatic rings. The maximum absolute atomic E-state index is 11.5. The van der Waals surface area contributed by atoms with Gasteiger partial charge in [0.05, 0.1) is 11.8 Å². The Morgan fingerprint density at radius 2 is 1.00 bits per heavy atom. The number of unbranched alkanes of at least 4 members (excludes halogenated alkanes) is 6. The van der Waals surface area contributed by atoms with Gasteiger partial charge in [-0.25, -0.2) is 0 Å². The Kier molecular flexibility index (Phi) is 27.8. The Bertz CT molecular complexity index is 335. The van der Waals surface area contributed by atoms with Gasteiger partial charge in [0.25, 0.3) is 0 Å². The van der Waals surface area contributed by atoms with Gasteiger partial charge in [-0.05, 0) is 25.7 Å². The average Bonchev–Trinajstić information content (AvgIpc) is 2.60. The molecule has 0 saturated heterocycles. The van der Waals surface area contributed by atoms with Gasteiger partial charge in [-0.2, -0.15) is 0 Å². The second-order valence-corrected chi connectivity index (χ2v) is 6.81. The van der Waals surface area contributed by atoms with Gasteiger partial charge in [0.15, 0.2) is 0 Å². The maximum atomic E-state index is 11.5. The van der Waals surface area contributed by atoms with E-state index in [2.05, 4.69) is 13.8 Å². The molecular weight excluding hydrogens is 552 g/mol. The first-order valence-corrected chi connectivity index (χ1v) is 10.2. The second-order valence-electron chi connectivity index (χ2n) is 6.81. The van der Waals surface area contributed by atoms with Crippen molar-refractivity contribution in [2.45, 2.75) is 78.1 Å². The van der Waals surface area contributed by atoms with Crippen molar-refractivity contribution in [3.8, 4) is 0 Å². The maximum Gasteiger partial charge on any atom is 0.307 e. The molecule has 28 heavy (non-hydrogen) atoms. The fourth-order valence-electron chi connectivity index (χ4n) is 2.88. The van der Waals surface area contributed by atoms with Crippen molar-refractivity contribution in [2.24, 2.45) is 11.8 Å². The van der Waals surface area contributed by atoms with Crippen LogP contribution in [0.15, 0.2) is 0 Å². The van der Waals surface area contributed by atoms with Gasteiger partial charge in [-0.3, -0.25) is 9.59 Å². The monoisotopic (exact) mass is 588 g/mol. The van der Waals surface area contributed by atoms with Gasteiger partial charge in [0, 0.05) is 71.2 Å². The van der Waals surface area contributed by atoms with Crippen LogP contribution in [0.1, 0.15) is 78.1 Å². The Hall–Kier alpha value is 0.341. The number of carboxylic acids is 2. The largest absolute Gasteiger partial charge is 0.481 e. The molecule has 0 saturated carbocycles. The van der Waals surface area contributed by atoms with Crippen LogP contribution < -0.4 is 0 Å². The summed E-state index contributed by atoms with van der Waals surface area (Å²) in [4.78, 5) is 23.0. The number of hydrogen-bond acceptors (Lipinski definition) is 4. The van der Waals surface area contributed by atoms with E-state index < -0.39 is 23.8 Å². The predicted octanol–water partition coefficient (Wildman–Crippen LogP) is 4.36. The van der Waals surface area contributed by atoms with Gasteiger partial charge in [-0.1, -0.05) is 52.4 Å². The molecule has 2 N–H and O–H groups in total. The van der Waals surface area contributed by atoms with Crippen molar-refractivity contribution in [1.29, 1.82) is 0 Å². The first kappa shape index (κ1) is 33.0. The minimum atomic E-state index is -1.07. The number of ether oxygens (including phenoxy) is 2. The molecule has 0 aromatic heterocycles. The summed E-state index contributed by atoms with van der Waals surface area (Å²) in [5.41, 5.74) is 0. The summed E-state index contributed by atoms with van der Waals surface area (Å²) in [6.07, 6.45) is 9.20. The van der Waals surface area contributed by atoms with E-state index in [0.717, 1.165) is 38.5 Å². The molecule has 2 atom stereocenters. The van der Waals surface area contributed by atoms with Crippen LogP contribution in [-0.2, 0) is 63.8 Å². The van der Waals surface area contributed by atoms with Crippen LogP contribution in [0.2, 0.25) is 0 Å². The van der Waals surface area contributed by atoms with Crippen LogP contribution in [0.25, 0.3) is 0 Å². The van der Waals surface area contributed by atoms with Crippen molar-refractivity contribution >= 4 is 11.9 Å². The van der Waals surface area contributed by atoms with Gasteiger partial charge in [0.2, 0.25) is 0 Å².